The summed E-state index contributed by atoms with van der Waals surface area (Å²) in [7, 11) is 0. The Kier molecular flexibility index (Phi) is 3.63. The Balaban J connectivity index is 1.94. The number of alkyl halides is 3. The number of hydrogen-bond acceptors (Lipinski definition) is 2. The van der Waals surface area contributed by atoms with E-state index in [1.165, 1.54) is 6.42 Å². The van der Waals surface area contributed by atoms with Gasteiger partial charge < -0.3 is 10.6 Å². The predicted octanol–water partition coefficient (Wildman–Crippen LogP) is 2.18. The minimum Gasteiger partial charge on any atom is -0.393 e. The van der Waals surface area contributed by atoms with Crippen LogP contribution in [0.5, 0.6) is 0 Å². The fourth-order valence-electron chi connectivity index (χ4n) is 3.09. The molecular weight excluding hydrogens is 249 g/mol. The summed E-state index contributed by atoms with van der Waals surface area (Å²) in [6.07, 6.45) is -0.777. The van der Waals surface area contributed by atoms with E-state index >= 15 is 0 Å². The lowest BCUT2D eigenvalue weighted by atomic mass is 10.0. The van der Waals surface area contributed by atoms with Crippen LogP contribution in [0.3, 0.4) is 0 Å². The second-order valence-corrected chi connectivity index (χ2v) is 5.64. The molecule has 2 rings (SSSR count). The van der Waals surface area contributed by atoms with Crippen LogP contribution in [0.15, 0.2) is 0 Å². The van der Waals surface area contributed by atoms with Crippen molar-refractivity contribution in [3.05, 3.63) is 0 Å². The van der Waals surface area contributed by atoms with E-state index < -0.39 is 17.1 Å². The molecule has 98 valence electrons. The highest BCUT2D eigenvalue weighted by Crippen LogP contribution is 2.39. The summed E-state index contributed by atoms with van der Waals surface area (Å²) in [5.74, 6) is -0.471. The van der Waals surface area contributed by atoms with Gasteiger partial charge in [0.2, 0.25) is 0 Å². The van der Waals surface area contributed by atoms with Crippen LogP contribution in [0.25, 0.3) is 0 Å². The molecule has 1 heterocycles. The van der Waals surface area contributed by atoms with Crippen LogP contribution in [0.1, 0.15) is 19.3 Å². The second-order valence-electron chi connectivity index (χ2n) is 5.17. The SMILES string of the molecule is NC(=S)C(CN1CC2CCCC2C1)C(F)(F)F. The third-order valence-corrected chi connectivity index (χ3v) is 4.27. The first-order valence-corrected chi connectivity index (χ1v) is 6.37. The molecule has 0 aromatic carbocycles. The molecule has 2 fully saturated rings. The largest absolute Gasteiger partial charge is 0.399 e. The molecule has 0 aromatic heterocycles. The van der Waals surface area contributed by atoms with Crippen LogP contribution in [0, 0.1) is 17.8 Å². The summed E-state index contributed by atoms with van der Waals surface area (Å²) in [6.45, 7) is 1.49. The molecule has 1 aliphatic carbocycles. The summed E-state index contributed by atoms with van der Waals surface area (Å²) in [6, 6.07) is 0. The highest BCUT2D eigenvalue weighted by atomic mass is 32.1. The molecule has 1 saturated heterocycles. The Morgan fingerprint density at radius 3 is 2.24 bits per heavy atom. The van der Waals surface area contributed by atoms with Gasteiger partial charge in [0.15, 0.2) is 0 Å². The van der Waals surface area contributed by atoms with E-state index in [1.807, 2.05) is 4.90 Å². The third kappa shape index (κ3) is 2.91. The van der Waals surface area contributed by atoms with E-state index in [4.69, 9.17) is 5.73 Å². The van der Waals surface area contributed by atoms with E-state index in [9.17, 15) is 13.2 Å². The molecule has 3 atom stereocenters. The van der Waals surface area contributed by atoms with Crippen molar-refractivity contribution in [3.8, 4) is 0 Å². The molecule has 17 heavy (non-hydrogen) atoms. The minimum atomic E-state index is -4.32. The molecule has 2 aliphatic rings. The van der Waals surface area contributed by atoms with Crippen molar-refractivity contribution >= 4 is 17.2 Å². The van der Waals surface area contributed by atoms with Crippen LogP contribution in [-0.2, 0) is 0 Å². The zero-order valence-corrected chi connectivity index (χ0v) is 10.4. The Labute approximate surface area is 104 Å². The van der Waals surface area contributed by atoms with Crippen LogP contribution in [0.4, 0.5) is 13.2 Å². The predicted molar refractivity (Wildman–Crippen MR) is 63.6 cm³/mol. The molecule has 3 unspecified atom stereocenters. The molecule has 0 bridgehead atoms. The lowest BCUT2D eigenvalue weighted by Crippen LogP contribution is -2.43. The summed E-state index contributed by atoms with van der Waals surface area (Å²) in [5.41, 5.74) is 5.20. The average Bonchev–Trinajstić information content (AvgIpc) is 2.70. The zero-order chi connectivity index (χ0) is 12.6. The smallest absolute Gasteiger partial charge is 0.393 e. The summed E-state index contributed by atoms with van der Waals surface area (Å²) in [5, 5.41) is 0. The van der Waals surface area contributed by atoms with Crippen LogP contribution in [0.2, 0.25) is 0 Å². The molecule has 1 saturated carbocycles. The third-order valence-electron chi connectivity index (χ3n) is 3.98. The van der Waals surface area contributed by atoms with Crippen molar-refractivity contribution in [2.24, 2.45) is 23.5 Å². The van der Waals surface area contributed by atoms with Gasteiger partial charge in [-0.15, -0.1) is 0 Å². The molecule has 2 nitrogen and oxygen atoms in total. The van der Waals surface area contributed by atoms with Gasteiger partial charge >= 0.3 is 6.18 Å². The normalized spacial score (nSPS) is 31.5. The minimum absolute atomic E-state index is 0.0637. The molecule has 0 aromatic rings. The van der Waals surface area contributed by atoms with Crippen LogP contribution in [-0.4, -0.2) is 35.7 Å². The maximum atomic E-state index is 12.7. The molecular formula is C11H17F3N2S. The molecule has 1 aliphatic heterocycles. The van der Waals surface area contributed by atoms with Gasteiger partial charge in [0, 0.05) is 19.6 Å². The zero-order valence-electron chi connectivity index (χ0n) is 9.54. The average molecular weight is 266 g/mol. The molecule has 0 radical (unpaired) electrons. The van der Waals surface area contributed by atoms with Gasteiger partial charge in [-0.05, 0) is 24.7 Å². The number of hydrogen-bond donors (Lipinski definition) is 1. The summed E-state index contributed by atoms with van der Waals surface area (Å²) in [4.78, 5) is 1.45. The molecule has 6 heteroatoms. The topological polar surface area (TPSA) is 29.3 Å². The Morgan fingerprint density at radius 1 is 1.29 bits per heavy atom. The van der Waals surface area contributed by atoms with Gasteiger partial charge in [0.1, 0.15) is 5.92 Å². The van der Waals surface area contributed by atoms with Gasteiger partial charge in [-0.1, -0.05) is 18.6 Å². The molecule has 0 spiro atoms. The fraction of sp³-hybridized carbons (Fsp3) is 0.909. The van der Waals surface area contributed by atoms with E-state index in [0.29, 0.717) is 11.8 Å². The van der Waals surface area contributed by atoms with E-state index in [-0.39, 0.29) is 6.54 Å². The van der Waals surface area contributed by atoms with E-state index in [1.54, 1.807) is 0 Å². The fourth-order valence-corrected chi connectivity index (χ4v) is 3.30. The number of rotatable bonds is 3. The first-order valence-electron chi connectivity index (χ1n) is 5.96. The number of likely N-dealkylation sites (tertiary alicyclic amines) is 1. The lowest BCUT2D eigenvalue weighted by molar-refractivity contribution is -0.158. The van der Waals surface area contributed by atoms with Gasteiger partial charge in [-0.3, -0.25) is 0 Å². The number of nitrogens with zero attached hydrogens (tertiary/aromatic N) is 1. The van der Waals surface area contributed by atoms with Crippen molar-refractivity contribution in [1.82, 2.24) is 4.90 Å². The van der Waals surface area contributed by atoms with Crippen molar-refractivity contribution in [2.75, 3.05) is 19.6 Å². The first kappa shape index (κ1) is 13.1. The number of nitrogens with two attached hydrogens (primary N) is 1. The van der Waals surface area contributed by atoms with Crippen molar-refractivity contribution in [3.63, 3.8) is 0 Å². The maximum absolute atomic E-state index is 12.7. The van der Waals surface area contributed by atoms with Gasteiger partial charge in [0.25, 0.3) is 0 Å². The Morgan fingerprint density at radius 2 is 1.82 bits per heavy atom. The van der Waals surface area contributed by atoms with Crippen molar-refractivity contribution < 1.29 is 13.2 Å². The highest BCUT2D eigenvalue weighted by Gasteiger charge is 2.45. The number of halogens is 3. The Bertz CT molecular complexity index is 294. The highest BCUT2D eigenvalue weighted by molar-refractivity contribution is 7.80. The summed E-state index contributed by atoms with van der Waals surface area (Å²) >= 11 is 4.53. The standard InChI is InChI=1S/C11H17F3N2S/c12-11(13,14)9(10(15)17)6-16-4-7-2-1-3-8(7)5-16/h7-9H,1-6H2,(H2,15,17). The van der Waals surface area contributed by atoms with Crippen molar-refractivity contribution in [1.29, 1.82) is 0 Å². The molecule has 0 amide bonds. The van der Waals surface area contributed by atoms with Gasteiger partial charge in [-0.25, -0.2) is 0 Å². The Hall–Kier alpha value is -0.360. The number of thiocarbonyl (C=S) groups is 1. The van der Waals surface area contributed by atoms with Crippen LogP contribution < -0.4 is 5.73 Å². The lowest BCUT2D eigenvalue weighted by Gasteiger charge is -2.25. The van der Waals surface area contributed by atoms with E-state index in [2.05, 4.69) is 12.2 Å². The quantitative estimate of drug-likeness (QED) is 0.794. The van der Waals surface area contributed by atoms with Gasteiger partial charge in [0.05, 0.1) is 4.99 Å². The van der Waals surface area contributed by atoms with Crippen molar-refractivity contribution in [2.45, 2.75) is 25.4 Å². The monoisotopic (exact) mass is 266 g/mol. The first-order chi connectivity index (χ1) is 7.88. The number of fused-ring (bicyclic) bond motifs is 1. The molecule has 2 N–H and O–H groups in total. The second kappa shape index (κ2) is 4.72. The van der Waals surface area contributed by atoms with Gasteiger partial charge in [-0.2, -0.15) is 13.2 Å². The maximum Gasteiger partial charge on any atom is 0.399 e. The van der Waals surface area contributed by atoms with Crippen LogP contribution >= 0.6 is 12.2 Å². The van der Waals surface area contributed by atoms with E-state index in [0.717, 1.165) is 25.9 Å². The summed E-state index contributed by atoms with van der Waals surface area (Å²) < 4.78 is 38.2.